The Morgan fingerprint density at radius 3 is 2.88 bits per heavy atom. The first-order valence-electron chi connectivity index (χ1n) is 8.15. The Morgan fingerprint density at radius 1 is 1.28 bits per heavy atom. The zero-order valence-corrected chi connectivity index (χ0v) is 15.4. The maximum Gasteiger partial charge on any atom is 0.183 e. The number of hydrogen-bond acceptors (Lipinski definition) is 4. The van der Waals surface area contributed by atoms with Gasteiger partial charge in [0.05, 0.1) is 12.8 Å². The van der Waals surface area contributed by atoms with Gasteiger partial charge < -0.3 is 10.1 Å². The summed E-state index contributed by atoms with van der Waals surface area (Å²) >= 11 is 1.62. The van der Waals surface area contributed by atoms with Crippen LogP contribution in [0.4, 0.5) is 9.52 Å². The average molecular weight is 356 g/mol. The Kier molecular flexibility index (Phi) is 5.34. The summed E-state index contributed by atoms with van der Waals surface area (Å²) in [7, 11) is 1.68. The van der Waals surface area contributed by atoms with Crippen LogP contribution in [0, 0.1) is 13.8 Å². The fraction of sp³-hybridized carbons (Fsp3) is 0.250. The number of nitrogens with one attached hydrogen (secondary N) is 1. The van der Waals surface area contributed by atoms with Crippen molar-refractivity contribution < 1.29 is 9.13 Å². The van der Waals surface area contributed by atoms with Crippen LogP contribution in [0.3, 0.4) is 0 Å². The molecule has 0 saturated heterocycles. The quantitative estimate of drug-likeness (QED) is 0.760. The Hall–Kier alpha value is -2.40. The molecule has 0 unspecified atom stereocenters. The maximum atomic E-state index is 13.3. The summed E-state index contributed by atoms with van der Waals surface area (Å²) < 4.78 is 18.6. The molecule has 3 nitrogen and oxygen atoms in total. The van der Waals surface area contributed by atoms with Gasteiger partial charge in [0.15, 0.2) is 5.13 Å². The normalized spacial score (nSPS) is 13.9. The number of hydrogen-bond donors (Lipinski definition) is 1. The Balaban J connectivity index is 1.73. The maximum absolute atomic E-state index is 13.3. The molecule has 0 bridgehead atoms. The zero-order valence-electron chi connectivity index (χ0n) is 14.6. The third-order valence-electron chi connectivity index (χ3n) is 4.06. The molecule has 1 N–H and O–H groups in total. The summed E-state index contributed by atoms with van der Waals surface area (Å²) in [4.78, 5) is 5.83. The number of aromatic nitrogens is 1. The van der Waals surface area contributed by atoms with Gasteiger partial charge >= 0.3 is 0 Å². The SMILES string of the molecule is COc1ccc(CNc2nc(C3=CC=C(F)C=CC3)c(C)s2)cc1C. The Labute approximate surface area is 151 Å². The summed E-state index contributed by atoms with van der Waals surface area (Å²) in [5.41, 5.74) is 4.26. The molecule has 0 amide bonds. The van der Waals surface area contributed by atoms with E-state index in [4.69, 9.17) is 9.72 Å². The van der Waals surface area contributed by atoms with Crippen molar-refractivity contribution in [2.75, 3.05) is 12.4 Å². The molecule has 1 aliphatic rings. The number of anilines is 1. The number of thiazole rings is 1. The lowest BCUT2D eigenvalue weighted by molar-refractivity contribution is 0.411. The highest BCUT2D eigenvalue weighted by Gasteiger charge is 2.12. The minimum Gasteiger partial charge on any atom is -0.496 e. The number of benzene rings is 1. The van der Waals surface area contributed by atoms with Crippen LogP contribution in [0.5, 0.6) is 5.75 Å². The number of aryl methyl sites for hydroxylation is 2. The van der Waals surface area contributed by atoms with Crippen LogP contribution in [0.25, 0.3) is 5.57 Å². The fourth-order valence-corrected chi connectivity index (χ4v) is 3.62. The van der Waals surface area contributed by atoms with Gasteiger partial charge in [-0.25, -0.2) is 9.37 Å². The Bertz CT molecular complexity index is 865. The van der Waals surface area contributed by atoms with Crippen molar-refractivity contribution in [1.29, 1.82) is 0 Å². The van der Waals surface area contributed by atoms with E-state index < -0.39 is 0 Å². The van der Waals surface area contributed by atoms with E-state index in [1.165, 1.54) is 17.7 Å². The van der Waals surface area contributed by atoms with Gasteiger partial charge in [-0.15, -0.1) is 11.3 Å². The summed E-state index contributed by atoms with van der Waals surface area (Å²) in [6, 6.07) is 6.14. The molecule has 3 rings (SSSR count). The van der Waals surface area contributed by atoms with E-state index >= 15 is 0 Å². The van der Waals surface area contributed by atoms with Crippen LogP contribution in [-0.2, 0) is 6.54 Å². The van der Waals surface area contributed by atoms with Crippen molar-refractivity contribution in [3.63, 3.8) is 0 Å². The first-order chi connectivity index (χ1) is 12.1. The molecular formula is C20H21FN2OS. The van der Waals surface area contributed by atoms with E-state index in [2.05, 4.69) is 11.4 Å². The highest BCUT2D eigenvalue weighted by atomic mass is 32.1. The van der Waals surface area contributed by atoms with E-state index in [-0.39, 0.29) is 5.83 Å². The lowest BCUT2D eigenvalue weighted by Gasteiger charge is -2.08. The van der Waals surface area contributed by atoms with Gasteiger partial charge in [-0.3, -0.25) is 0 Å². The molecule has 0 aliphatic heterocycles. The fourth-order valence-electron chi connectivity index (χ4n) is 2.78. The molecule has 5 heteroatoms. The molecule has 1 aromatic heterocycles. The van der Waals surface area contributed by atoms with Crippen LogP contribution in [0.1, 0.15) is 28.1 Å². The highest BCUT2D eigenvalue weighted by molar-refractivity contribution is 7.15. The zero-order chi connectivity index (χ0) is 17.8. The van der Waals surface area contributed by atoms with Crippen molar-refractivity contribution in [3.05, 3.63) is 70.0 Å². The van der Waals surface area contributed by atoms with Gasteiger partial charge in [-0.1, -0.05) is 24.3 Å². The molecule has 0 atom stereocenters. The lowest BCUT2D eigenvalue weighted by Crippen LogP contribution is -2.00. The first-order valence-corrected chi connectivity index (χ1v) is 8.96. The van der Waals surface area contributed by atoms with Gasteiger partial charge in [0.25, 0.3) is 0 Å². The average Bonchev–Trinajstić information content (AvgIpc) is 2.82. The molecule has 0 radical (unpaired) electrons. The number of ether oxygens (including phenoxy) is 1. The molecule has 0 spiro atoms. The molecule has 25 heavy (non-hydrogen) atoms. The number of halogens is 1. The van der Waals surface area contributed by atoms with Crippen molar-refractivity contribution in [1.82, 2.24) is 4.98 Å². The summed E-state index contributed by atoms with van der Waals surface area (Å²) in [6.45, 7) is 4.78. The van der Waals surface area contributed by atoms with E-state index in [1.807, 2.05) is 38.1 Å². The standard InChI is InChI=1S/C20H21FN2OS/c1-13-11-15(7-10-18(13)24-3)12-22-20-23-19(14(2)25-20)16-5-4-6-17(21)9-8-16/h4,6-11H,5,12H2,1-3H3,(H,22,23). The molecule has 0 saturated carbocycles. The monoisotopic (exact) mass is 356 g/mol. The topological polar surface area (TPSA) is 34.1 Å². The van der Waals surface area contributed by atoms with E-state index in [0.29, 0.717) is 13.0 Å². The number of nitrogens with zero attached hydrogens (tertiary/aromatic N) is 1. The summed E-state index contributed by atoms with van der Waals surface area (Å²) in [6.07, 6.45) is 7.32. The molecule has 1 aromatic carbocycles. The van der Waals surface area contributed by atoms with Crippen molar-refractivity contribution in [2.45, 2.75) is 26.8 Å². The van der Waals surface area contributed by atoms with Crippen molar-refractivity contribution in [2.24, 2.45) is 0 Å². The molecule has 1 heterocycles. The van der Waals surface area contributed by atoms with Gasteiger partial charge in [0.2, 0.25) is 0 Å². The summed E-state index contributed by atoms with van der Waals surface area (Å²) in [5, 5.41) is 4.26. The number of rotatable bonds is 5. The van der Waals surface area contributed by atoms with Gasteiger partial charge in [-0.2, -0.15) is 0 Å². The van der Waals surface area contributed by atoms with Crippen LogP contribution < -0.4 is 10.1 Å². The molecule has 2 aromatic rings. The Morgan fingerprint density at radius 2 is 2.12 bits per heavy atom. The highest BCUT2D eigenvalue weighted by Crippen LogP contribution is 2.31. The third kappa shape index (κ3) is 4.17. The van der Waals surface area contributed by atoms with Gasteiger partial charge in [-0.05, 0) is 55.2 Å². The van der Waals surface area contributed by atoms with Crippen LogP contribution in [-0.4, -0.2) is 12.1 Å². The van der Waals surface area contributed by atoms with E-state index in [1.54, 1.807) is 18.4 Å². The van der Waals surface area contributed by atoms with E-state index in [9.17, 15) is 4.39 Å². The van der Waals surface area contributed by atoms with Gasteiger partial charge in [0, 0.05) is 11.4 Å². The predicted octanol–water partition coefficient (Wildman–Crippen LogP) is 5.58. The molecule has 1 aliphatic carbocycles. The predicted molar refractivity (Wildman–Crippen MR) is 103 cm³/mol. The largest absolute Gasteiger partial charge is 0.496 e. The van der Waals surface area contributed by atoms with Crippen LogP contribution in [0.2, 0.25) is 0 Å². The second-order valence-electron chi connectivity index (χ2n) is 5.93. The molecule has 0 fully saturated rings. The smallest absolute Gasteiger partial charge is 0.183 e. The molecule has 130 valence electrons. The third-order valence-corrected chi connectivity index (χ3v) is 4.99. The second kappa shape index (κ2) is 7.66. The summed E-state index contributed by atoms with van der Waals surface area (Å²) in [5.74, 6) is 0.667. The first kappa shape index (κ1) is 17.4. The van der Waals surface area contributed by atoms with E-state index in [0.717, 1.165) is 32.6 Å². The number of methoxy groups -OCH3 is 1. The van der Waals surface area contributed by atoms with Crippen LogP contribution in [0.15, 0.2) is 48.3 Å². The van der Waals surface area contributed by atoms with Crippen LogP contribution >= 0.6 is 11.3 Å². The lowest BCUT2D eigenvalue weighted by atomic mass is 10.1. The minimum absolute atomic E-state index is 0.226. The number of allylic oxidation sites excluding steroid dienone is 6. The molecular weight excluding hydrogens is 335 g/mol. The second-order valence-corrected chi connectivity index (χ2v) is 7.13. The van der Waals surface area contributed by atoms with Crippen molar-refractivity contribution >= 4 is 22.0 Å². The van der Waals surface area contributed by atoms with Crippen molar-refractivity contribution in [3.8, 4) is 5.75 Å². The van der Waals surface area contributed by atoms with Gasteiger partial charge in [0.1, 0.15) is 11.6 Å². The minimum atomic E-state index is -0.226.